The minimum atomic E-state index is -1.57. The van der Waals surface area contributed by atoms with E-state index in [1.807, 2.05) is 18.2 Å². The van der Waals surface area contributed by atoms with Gasteiger partial charge in [-0.3, -0.25) is 19.2 Å². The van der Waals surface area contributed by atoms with Crippen LogP contribution in [0.2, 0.25) is 0 Å². The number of carbonyl (C=O) groups is 5. The van der Waals surface area contributed by atoms with E-state index in [0.29, 0.717) is 0 Å². The lowest BCUT2D eigenvalue weighted by atomic mass is 10.0. The zero-order valence-electron chi connectivity index (χ0n) is 22.4. The van der Waals surface area contributed by atoms with Crippen LogP contribution in [-0.4, -0.2) is 71.2 Å². The average Bonchev–Trinajstić information content (AvgIpc) is 2.95. The summed E-state index contributed by atoms with van der Waals surface area (Å²) < 4.78 is 18.0. The van der Waals surface area contributed by atoms with Crippen LogP contribution >= 0.6 is 0 Å². The van der Waals surface area contributed by atoms with E-state index in [4.69, 9.17) is 9.84 Å². The van der Waals surface area contributed by atoms with Crippen molar-refractivity contribution in [2.45, 2.75) is 44.5 Å². The van der Waals surface area contributed by atoms with E-state index in [1.54, 1.807) is 24.3 Å². The number of ketones is 1. The van der Waals surface area contributed by atoms with E-state index in [0.717, 1.165) is 11.1 Å². The fourth-order valence-corrected chi connectivity index (χ4v) is 3.52. The fourth-order valence-electron chi connectivity index (χ4n) is 3.52. The molecule has 13 heteroatoms. The zero-order valence-corrected chi connectivity index (χ0v) is 22.4. The number of hydrogen-bond acceptors (Lipinski definition) is 8. The van der Waals surface area contributed by atoms with Gasteiger partial charge >= 0.3 is 12.1 Å². The average molecular weight is 573 g/mol. The van der Waals surface area contributed by atoms with Crippen molar-refractivity contribution in [3.8, 4) is 5.75 Å². The highest BCUT2D eigenvalue weighted by Gasteiger charge is 2.26. The predicted octanol–water partition coefficient (Wildman–Crippen LogP) is 1.34. The van der Waals surface area contributed by atoms with Crippen molar-refractivity contribution < 1.29 is 43.3 Å². The third-order valence-electron chi connectivity index (χ3n) is 5.76. The highest BCUT2D eigenvalue weighted by molar-refractivity contribution is 5.95. The summed E-state index contributed by atoms with van der Waals surface area (Å²) in [6.45, 7) is 3.43. The number of alkyl carbamates (subject to hydrolysis) is 1. The van der Waals surface area contributed by atoms with Gasteiger partial charge in [0.05, 0.1) is 19.0 Å². The largest absolute Gasteiger partial charge is 0.508 e. The minimum absolute atomic E-state index is 0.0329. The third-order valence-corrected chi connectivity index (χ3v) is 5.76. The molecule has 0 heterocycles. The number of rotatable bonds is 16. The van der Waals surface area contributed by atoms with Gasteiger partial charge in [0.25, 0.3) is 0 Å². The summed E-state index contributed by atoms with van der Waals surface area (Å²) in [5, 5.41) is 28.4. The van der Waals surface area contributed by atoms with E-state index in [-0.39, 0.29) is 31.0 Å². The quantitative estimate of drug-likeness (QED) is 0.173. The fraction of sp³-hybridized carbons (Fsp3) is 0.321. The number of phenolic OH excluding ortho intramolecular Hbond substituents is 1. The number of amides is 3. The van der Waals surface area contributed by atoms with E-state index >= 15 is 0 Å². The van der Waals surface area contributed by atoms with Crippen LogP contribution in [-0.2, 0) is 36.9 Å². The maximum absolute atomic E-state index is 12.7. The summed E-state index contributed by atoms with van der Waals surface area (Å²) in [7, 11) is 0. The summed E-state index contributed by atoms with van der Waals surface area (Å²) in [6, 6.07) is 11.8. The summed E-state index contributed by atoms with van der Waals surface area (Å²) in [4.78, 5) is 59.8. The van der Waals surface area contributed by atoms with Gasteiger partial charge in [0.2, 0.25) is 11.8 Å². The first-order valence-corrected chi connectivity index (χ1v) is 12.6. The molecule has 0 aliphatic rings. The SMILES string of the molecule is C=C(NCC(=O)N[C@@H](C)C(=O)NC(CC(=O)O)C(=O)CF)[C@H](Cc1ccc(O)cc1)NC(=O)OCc1ccccc1. The molecule has 3 atom stereocenters. The highest BCUT2D eigenvalue weighted by atomic mass is 19.1. The second-order valence-electron chi connectivity index (χ2n) is 9.06. The van der Waals surface area contributed by atoms with Crippen LogP contribution < -0.4 is 21.3 Å². The number of benzene rings is 2. The Morgan fingerprint density at radius 2 is 1.59 bits per heavy atom. The lowest BCUT2D eigenvalue weighted by Crippen LogP contribution is -2.52. The van der Waals surface area contributed by atoms with Crippen LogP contribution in [0.4, 0.5) is 9.18 Å². The number of aromatic hydroxyl groups is 1. The molecule has 41 heavy (non-hydrogen) atoms. The molecule has 0 aromatic heterocycles. The summed E-state index contributed by atoms with van der Waals surface area (Å²) >= 11 is 0. The number of ether oxygens (including phenoxy) is 1. The number of carbonyl (C=O) groups excluding carboxylic acids is 4. The van der Waals surface area contributed by atoms with E-state index in [1.165, 1.54) is 19.1 Å². The molecule has 2 aromatic carbocycles. The molecule has 0 aliphatic carbocycles. The molecule has 6 N–H and O–H groups in total. The lowest BCUT2D eigenvalue weighted by Gasteiger charge is -2.23. The Kier molecular flexibility index (Phi) is 12.8. The molecule has 0 bridgehead atoms. The lowest BCUT2D eigenvalue weighted by molar-refractivity contribution is -0.140. The highest BCUT2D eigenvalue weighted by Crippen LogP contribution is 2.13. The number of phenols is 1. The molecule has 0 aliphatic heterocycles. The Hall–Kier alpha value is -4.94. The maximum atomic E-state index is 12.7. The third kappa shape index (κ3) is 11.8. The van der Waals surface area contributed by atoms with Crippen LogP contribution in [0.5, 0.6) is 5.75 Å². The first-order valence-electron chi connectivity index (χ1n) is 12.6. The Morgan fingerprint density at radius 3 is 2.20 bits per heavy atom. The van der Waals surface area contributed by atoms with Crippen molar-refractivity contribution in [1.82, 2.24) is 21.3 Å². The van der Waals surface area contributed by atoms with Gasteiger partial charge < -0.3 is 36.2 Å². The number of Topliss-reactive ketones (excluding diaryl/α,β-unsaturated/α-hetero) is 1. The van der Waals surface area contributed by atoms with Crippen molar-refractivity contribution in [2.75, 3.05) is 13.2 Å². The molecular weight excluding hydrogens is 539 g/mol. The summed E-state index contributed by atoms with van der Waals surface area (Å²) in [5.74, 6) is -3.98. The normalized spacial score (nSPS) is 12.6. The van der Waals surface area contributed by atoms with Gasteiger partial charge in [-0.1, -0.05) is 49.0 Å². The van der Waals surface area contributed by atoms with Crippen molar-refractivity contribution in [3.63, 3.8) is 0 Å². The Labute approximate surface area is 236 Å². The van der Waals surface area contributed by atoms with Crippen LogP contribution in [0, 0.1) is 0 Å². The van der Waals surface area contributed by atoms with Gasteiger partial charge in [-0.15, -0.1) is 0 Å². The van der Waals surface area contributed by atoms with Gasteiger partial charge in [-0.25, -0.2) is 9.18 Å². The van der Waals surface area contributed by atoms with Crippen molar-refractivity contribution in [1.29, 1.82) is 0 Å². The molecule has 3 amide bonds. The number of nitrogens with one attached hydrogen (secondary N) is 4. The monoisotopic (exact) mass is 572 g/mol. The molecule has 12 nitrogen and oxygen atoms in total. The first-order chi connectivity index (χ1) is 19.5. The van der Waals surface area contributed by atoms with E-state index < -0.39 is 60.9 Å². The number of carboxylic acid groups (broad SMARTS) is 1. The Morgan fingerprint density at radius 1 is 0.927 bits per heavy atom. The number of carboxylic acids is 1. The molecule has 220 valence electrons. The van der Waals surface area contributed by atoms with E-state index in [9.17, 15) is 33.5 Å². The Bertz CT molecular complexity index is 1220. The number of aliphatic carboxylic acids is 1. The molecule has 1 unspecified atom stereocenters. The van der Waals surface area contributed by atoms with E-state index in [2.05, 4.69) is 27.8 Å². The molecule has 0 saturated carbocycles. The number of hydrogen-bond donors (Lipinski definition) is 6. The molecule has 0 fully saturated rings. The van der Waals surface area contributed by atoms with Gasteiger partial charge in [0.1, 0.15) is 31.1 Å². The smallest absolute Gasteiger partial charge is 0.408 e. The predicted molar refractivity (Wildman–Crippen MR) is 145 cm³/mol. The molecular formula is C28H33FN4O8. The summed E-state index contributed by atoms with van der Waals surface area (Å²) in [6.07, 6.45) is -1.30. The molecule has 2 aromatic rings. The van der Waals surface area contributed by atoms with Gasteiger partial charge in [-0.2, -0.15) is 0 Å². The number of halogens is 1. The first kappa shape index (κ1) is 32.3. The van der Waals surface area contributed by atoms with Crippen LogP contribution in [0.25, 0.3) is 0 Å². The second kappa shape index (κ2) is 16.2. The summed E-state index contributed by atoms with van der Waals surface area (Å²) in [5.41, 5.74) is 1.78. The molecule has 0 spiro atoms. The van der Waals surface area contributed by atoms with Crippen LogP contribution in [0.1, 0.15) is 24.5 Å². The van der Waals surface area contributed by atoms with Crippen molar-refractivity contribution >= 4 is 29.7 Å². The Balaban J connectivity index is 1.96. The second-order valence-corrected chi connectivity index (χ2v) is 9.06. The van der Waals surface area contributed by atoms with Crippen LogP contribution in [0.3, 0.4) is 0 Å². The van der Waals surface area contributed by atoms with Crippen molar-refractivity contribution in [2.24, 2.45) is 0 Å². The van der Waals surface area contributed by atoms with Gasteiger partial charge in [0, 0.05) is 5.70 Å². The number of alkyl halides is 1. The van der Waals surface area contributed by atoms with Gasteiger partial charge in [-0.05, 0) is 36.6 Å². The molecule has 0 saturated heterocycles. The zero-order chi connectivity index (χ0) is 30.4. The topological polar surface area (TPSA) is 183 Å². The van der Waals surface area contributed by atoms with Gasteiger partial charge in [0.15, 0.2) is 5.78 Å². The maximum Gasteiger partial charge on any atom is 0.408 e. The minimum Gasteiger partial charge on any atom is -0.508 e. The van der Waals surface area contributed by atoms with Crippen LogP contribution in [0.15, 0.2) is 66.9 Å². The molecule has 0 radical (unpaired) electrons. The molecule has 2 rings (SSSR count). The van der Waals surface area contributed by atoms with Crippen molar-refractivity contribution in [3.05, 3.63) is 78.0 Å². The standard InChI is InChI=1S/C28H33FN4O8/c1-17(30-15-25(36)31-18(2)27(39)32-23(13-26(37)38)24(35)14-29)22(12-19-8-10-21(34)11-9-19)33-28(40)41-16-20-6-4-3-5-7-20/h3-11,18,22-23,30,34H,1,12-16H2,2H3,(H,31,36)(H,32,39)(H,33,40)(H,37,38)/t18-,22-,23?/m0/s1.